The molecule has 0 atom stereocenters. The van der Waals surface area contributed by atoms with Gasteiger partial charge in [-0.05, 0) is 60.0 Å². The minimum atomic E-state index is -0.0691. The van der Waals surface area contributed by atoms with Crippen LogP contribution < -0.4 is 5.32 Å². The number of nitrogens with one attached hydrogen (secondary N) is 1. The number of para-hydroxylation sites is 1. The van der Waals surface area contributed by atoms with Gasteiger partial charge in [-0.3, -0.25) is 9.36 Å². The van der Waals surface area contributed by atoms with E-state index >= 15 is 0 Å². The molecule has 136 valence electrons. The molecule has 0 saturated heterocycles. The van der Waals surface area contributed by atoms with Crippen molar-refractivity contribution in [2.24, 2.45) is 0 Å². The second kappa shape index (κ2) is 8.09. The summed E-state index contributed by atoms with van der Waals surface area (Å²) in [5, 5.41) is 12.1. The summed E-state index contributed by atoms with van der Waals surface area (Å²) in [6.45, 7) is 6.65. The normalized spacial score (nSPS) is 10.9. The summed E-state index contributed by atoms with van der Waals surface area (Å²) in [5.41, 5.74) is 2.97. The molecule has 2 aromatic heterocycles. The Bertz CT molecular complexity index is 915. The molecule has 2 heterocycles. The number of benzene rings is 1. The average molecular weight is 435 g/mol. The third kappa shape index (κ3) is 4.02. The summed E-state index contributed by atoms with van der Waals surface area (Å²) in [4.78, 5) is 12.4. The Balaban J connectivity index is 1.70. The Morgan fingerprint density at radius 2 is 1.96 bits per heavy atom. The summed E-state index contributed by atoms with van der Waals surface area (Å²) >= 11 is 4.65. The molecule has 1 N–H and O–H groups in total. The molecule has 0 aliphatic rings. The van der Waals surface area contributed by atoms with E-state index < -0.39 is 0 Å². The van der Waals surface area contributed by atoms with Crippen LogP contribution in [0.2, 0.25) is 0 Å². The Morgan fingerprint density at radius 1 is 1.23 bits per heavy atom. The van der Waals surface area contributed by atoms with Crippen molar-refractivity contribution in [2.45, 2.75) is 32.5 Å². The van der Waals surface area contributed by atoms with Gasteiger partial charge in [-0.1, -0.05) is 30.0 Å². The lowest BCUT2D eigenvalue weighted by Crippen LogP contribution is -2.16. The van der Waals surface area contributed by atoms with Crippen LogP contribution in [0.25, 0.3) is 11.6 Å². The van der Waals surface area contributed by atoms with Crippen molar-refractivity contribution in [2.75, 3.05) is 11.1 Å². The van der Waals surface area contributed by atoms with Crippen molar-refractivity contribution < 1.29 is 9.21 Å². The maximum atomic E-state index is 12.4. The monoisotopic (exact) mass is 434 g/mol. The Hall–Kier alpha value is -2.06. The van der Waals surface area contributed by atoms with Gasteiger partial charge in [-0.15, -0.1) is 10.2 Å². The van der Waals surface area contributed by atoms with Gasteiger partial charge in [0.25, 0.3) is 0 Å². The highest BCUT2D eigenvalue weighted by Gasteiger charge is 2.17. The maximum Gasteiger partial charge on any atom is 0.234 e. The first-order chi connectivity index (χ1) is 12.5. The first-order valence-corrected chi connectivity index (χ1v) is 9.95. The zero-order chi connectivity index (χ0) is 18.7. The lowest BCUT2D eigenvalue weighted by molar-refractivity contribution is -0.113. The minimum Gasteiger partial charge on any atom is -0.446 e. The molecule has 0 radical (unpaired) electrons. The molecule has 0 spiro atoms. The number of hydrogen-bond donors (Lipinski definition) is 1. The fourth-order valence-electron chi connectivity index (χ4n) is 2.61. The highest BCUT2D eigenvalue weighted by Crippen LogP contribution is 2.27. The fraction of sp³-hybridized carbons (Fsp3) is 0.278. The SMILES string of the molecule is CCn1c(SCC(=O)Nc2c(C)cccc2C)nnc1-c1ccc(Br)o1. The molecule has 8 heteroatoms. The number of nitrogens with zero attached hydrogens (tertiary/aromatic N) is 3. The molecule has 1 amide bonds. The second-order valence-corrected chi connectivity index (χ2v) is 7.48. The van der Waals surface area contributed by atoms with E-state index in [1.54, 1.807) is 0 Å². The number of hydrogen-bond acceptors (Lipinski definition) is 5. The molecule has 0 saturated carbocycles. The number of halogens is 1. The van der Waals surface area contributed by atoms with Crippen LogP contribution in [-0.2, 0) is 11.3 Å². The highest BCUT2D eigenvalue weighted by molar-refractivity contribution is 9.10. The predicted octanol–water partition coefficient (Wildman–Crippen LogP) is 4.67. The Kier molecular flexibility index (Phi) is 5.83. The standard InChI is InChI=1S/C18H19BrN4O2S/c1-4-23-17(13-8-9-14(19)25-13)21-22-18(23)26-10-15(24)20-16-11(2)6-5-7-12(16)3/h5-9H,4,10H2,1-3H3,(H,20,24). The van der Waals surface area contributed by atoms with Crippen molar-refractivity contribution in [3.8, 4) is 11.6 Å². The molecule has 0 unspecified atom stereocenters. The number of thioether (sulfide) groups is 1. The molecule has 26 heavy (non-hydrogen) atoms. The van der Waals surface area contributed by atoms with E-state index in [0.29, 0.717) is 28.0 Å². The zero-order valence-corrected chi connectivity index (χ0v) is 17.1. The van der Waals surface area contributed by atoms with Crippen LogP contribution in [0.15, 0.2) is 44.6 Å². The third-order valence-electron chi connectivity index (χ3n) is 3.90. The molecule has 6 nitrogen and oxygen atoms in total. The quantitative estimate of drug-likeness (QED) is 0.570. The van der Waals surface area contributed by atoms with Gasteiger partial charge in [-0.25, -0.2) is 0 Å². The largest absolute Gasteiger partial charge is 0.446 e. The fourth-order valence-corrected chi connectivity index (χ4v) is 3.72. The predicted molar refractivity (Wildman–Crippen MR) is 106 cm³/mol. The van der Waals surface area contributed by atoms with E-state index in [1.165, 1.54) is 11.8 Å². The summed E-state index contributed by atoms with van der Waals surface area (Å²) in [7, 11) is 0. The molecule has 3 rings (SSSR count). The summed E-state index contributed by atoms with van der Waals surface area (Å²) < 4.78 is 8.13. The smallest absolute Gasteiger partial charge is 0.234 e. The molecule has 0 fully saturated rings. The van der Waals surface area contributed by atoms with Gasteiger partial charge in [0, 0.05) is 12.2 Å². The lowest BCUT2D eigenvalue weighted by atomic mass is 10.1. The minimum absolute atomic E-state index is 0.0691. The first-order valence-electron chi connectivity index (χ1n) is 8.17. The number of furan rings is 1. The van der Waals surface area contributed by atoms with Crippen LogP contribution >= 0.6 is 27.7 Å². The van der Waals surface area contributed by atoms with E-state index in [9.17, 15) is 4.79 Å². The van der Waals surface area contributed by atoms with Gasteiger partial charge in [-0.2, -0.15) is 0 Å². The van der Waals surface area contributed by atoms with Gasteiger partial charge >= 0.3 is 0 Å². The molecule has 0 bridgehead atoms. The number of aryl methyl sites for hydroxylation is 2. The van der Waals surface area contributed by atoms with Crippen LogP contribution in [0.5, 0.6) is 0 Å². The van der Waals surface area contributed by atoms with Gasteiger partial charge in [0.1, 0.15) is 0 Å². The van der Waals surface area contributed by atoms with Crippen LogP contribution in [0.1, 0.15) is 18.1 Å². The molecular formula is C18H19BrN4O2S. The maximum absolute atomic E-state index is 12.4. The first kappa shape index (κ1) is 18.7. The summed E-state index contributed by atoms with van der Waals surface area (Å²) in [6.07, 6.45) is 0. The lowest BCUT2D eigenvalue weighted by Gasteiger charge is -2.11. The third-order valence-corrected chi connectivity index (χ3v) is 5.30. The van der Waals surface area contributed by atoms with Crippen molar-refractivity contribution in [1.82, 2.24) is 14.8 Å². The van der Waals surface area contributed by atoms with Gasteiger partial charge in [0.15, 0.2) is 15.6 Å². The van der Waals surface area contributed by atoms with Crippen molar-refractivity contribution in [3.05, 3.63) is 46.1 Å². The van der Waals surface area contributed by atoms with Crippen molar-refractivity contribution >= 4 is 39.3 Å². The van der Waals surface area contributed by atoms with E-state index in [0.717, 1.165) is 16.8 Å². The van der Waals surface area contributed by atoms with Crippen LogP contribution in [0.4, 0.5) is 5.69 Å². The summed E-state index contributed by atoms with van der Waals surface area (Å²) in [5.74, 6) is 1.47. The topological polar surface area (TPSA) is 73.0 Å². The average Bonchev–Trinajstić information content (AvgIpc) is 3.21. The van der Waals surface area contributed by atoms with Crippen molar-refractivity contribution in [3.63, 3.8) is 0 Å². The second-order valence-electron chi connectivity index (χ2n) is 5.76. The summed E-state index contributed by atoms with van der Waals surface area (Å²) in [6, 6.07) is 9.60. The van der Waals surface area contributed by atoms with Crippen LogP contribution in [0.3, 0.4) is 0 Å². The van der Waals surface area contributed by atoms with E-state index in [1.807, 2.05) is 55.7 Å². The number of rotatable bonds is 6. The van der Waals surface area contributed by atoms with E-state index in [4.69, 9.17) is 4.42 Å². The number of carbonyl (C=O) groups is 1. The van der Waals surface area contributed by atoms with Crippen molar-refractivity contribution in [1.29, 1.82) is 0 Å². The Labute approximate surface area is 164 Å². The van der Waals surface area contributed by atoms with Gasteiger partial charge in [0.05, 0.1) is 5.75 Å². The number of carbonyl (C=O) groups excluding carboxylic acids is 1. The van der Waals surface area contributed by atoms with Crippen LogP contribution in [-0.4, -0.2) is 26.4 Å². The molecule has 1 aromatic carbocycles. The highest BCUT2D eigenvalue weighted by atomic mass is 79.9. The zero-order valence-electron chi connectivity index (χ0n) is 14.7. The Morgan fingerprint density at radius 3 is 2.58 bits per heavy atom. The van der Waals surface area contributed by atoms with Gasteiger partial charge in [0.2, 0.25) is 11.7 Å². The molecule has 3 aromatic rings. The number of anilines is 1. The van der Waals surface area contributed by atoms with E-state index in [2.05, 4.69) is 31.4 Å². The number of amides is 1. The van der Waals surface area contributed by atoms with Crippen LogP contribution in [0, 0.1) is 13.8 Å². The molecular weight excluding hydrogens is 416 g/mol. The molecule has 0 aliphatic heterocycles. The van der Waals surface area contributed by atoms with Gasteiger partial charge < -0.3 is 9.73 Å². The van der Waals surface area contributed by atoms with E-state index in [-0.39, 0.29) is 11.7 Å². The molecule has 0 aliphatic carbocycles. The number of aromatic nitrogens is 3.